The standard InChI is InChI=1S/C23H24FNO2S.2C20H27FN2O3S.C19H25FN2O4S.C15H19FN2OS.C14H17FN2O2S/c1-2-18-13-23(19-10-6-7-11-20(19)24)17(14-27-18)15-28-22(25-23)12-21(26)16-8-4-3-5-9-16;2*1-5-14-10-20(15-8-6-7-9-16(15)21)13(11-25-14)12-27-17(23-20)22-18(24)26-19(2,3)4;1-18(2,3)26-17(24)21-16-22-19(14-6-4-5-7-15(14)20)8-13(9-23)25-10-12(19)11-27-16;1-2-11-7-15(12-5-3-4-6-13(12)16)10(8-19-11)9-20-14(17)18-15;15-12-4-2-1-3-11(12)14-5-10(6-18)19-7-9(14)8-20-13(16)17-14/h3-11,17-18H,2,12-15H2,1H3;2*6-9,13-14H,5,10-12H2,1-4H3,(H,22,23,24);4-7,12-13,23H,8-11H2,1-3H3,(H,21,22,24);3-6,10-11H,2,7-9H2,1H3,(H2,17,18);1-4,9-10,18H,5-8H2,(H2,16,17)/t17-,18-,23-;2*13-,14-,20-;12-,13+,19-;10-,11-,15-;9-,10+,14-/m000000/s1. The molecule has 0 aliphatic carbocycles. The number of aliphatic imine (C=N–C) groups is 6. The van der Waals surface area contributed by atoms with Gasteiger partial charge in [0.15, 0.2) is 31.6 Å². The Hall–Kier alpha value is -9.00. The van der Waals surface area contributed by atoms with Crippen molar-refractivity contribution in [1.29, 1.82) is 0 Å². The van der Waals surface area contributed by atoms with Gasteiger partial charge in [0.05, 0.1) is 134 Å². The normalized spacial score (nSPS) is 29.3. The van der Waals surface area contributed by atoms with Gasteiger partial charge in [-0.2, -0.15) is 0 Å². The highest BCUT2D eigenvalue weighted by Crippen LogP contribution is 2.56. The summed E-state index contributed by atoms with van der Waals surface area (Å²) in [6, 6.07) is 49.9. The van der Waals surface area contributed by atoms with Crippen molar-refractivity contribution >= 4 is 126 Å². The number of hydrogen-bond acceptors (Lipinski definition) is 29. The molecule has 806 valence electrons. The Morgan fingerprint density at radius 1 is 0.329 bits per heavy atom. The molecule has 0 aromatic heterocycles. The number of carbonyl (C=O) groups is 4. The molecule has 12 aliphatic rings. The van der Waals surface area contributed by atoms with Gasteiger partial charge < -0.3 is 64.3 Å². The maximum Gasteiger partial charge on any atom is 0.413 e. The second-order valence-electron chi connectivity index (χ2n) is 41.9. The number of carbonyl (C=O) groups excluding carboxylic acids is 4. The Bertz CT molecular complexity index is 5600. The number of ether oxygens (including phenoxy) is 9. The number of ketones is 1. The van der Waals surface area contributed by atoms with Gasteiger partial charge in [-0.25, -0.2) is 40.7 Å². The fourth-order valence-electron chi connectivity index (χ4n) is 21.0. The lowest BCUT2D eigenvalue weighted by molar-refractivity contribution is -0.0744. The molecule has 6 fully saturated rings. The number of aliphatic hydroxyl groups is 2. The number of thioether (sulfide) groups is 6. The highest BCUT2D eigenvalue weighted by Gasteiger charge is 2.57. The Morgan fingerprint density at radius 2 is 0.550 bits per heavy atom. The molecule has 38 heteroatoms. The molecule has 19 rings (SSSR count). The molecule has 0 saturated carbocycles. The average molecular weight is 2170 g/mol. The third-order valence-corrected chi connectivity index (χ3v) is 34.6. The van der Waals surface area contributed by atoms with E-state index in [9.17, 15) is 55.7 Å². The van der Waals surface area contributed by atoms with Gasteiger partial charge in [0.1, 0.15) is 51.7 Å². The van der Waals surface area contributed by atoms with Gasteiger partial charge >= 0.3 is 18.3 Å². The third-order valence-electron chi connectivity index (χ3n) is 28.4. The Labute approximate surface area is 895 Å². The molecule has 6 saturated heterocycles. The zero-order chi connectivity index (χ0) is 107. The van der Waals surface area contributed by atoms with E-state index in [4.69, 9.17) is 79.1 Å². The lowest BCUT2D eigenvalue weighted by atomic mass is 9.73. The maximum absolute atomic E-state index is 14.8. The first-order valence-corrected chi connectivity index (χ1v) is 56.9. The molecular formula is C111H139F6N11O15S6. The van der Waals surface area contributed by atoms with E-state index in [1.165, 1.54) is 95.2 Å². The van der Waals surface area contributed by atoms with Crippen LogP contribution in [-0.4, -0.2) is 206 Å². The molecule has 7 aromatic carbocycles. The van der Waals surface area contributed by atoms with E-state index < -0.39 is 74.4 Å². The number of amides is 3. The van der Waals surface area contributed by atoms with Crippen LogP contribution in [0, 0.1) is 70.4 Å². The van der Waals surface area contributed by atoms with Crippen LogP contribution in [0.25, 0.3) is 0 Å². The molecular weight excluding hydrogens is 2030 g/mol. The van der Waals surface area contributed by atoms with Crippen LogP contribution < -0.4 is 27.4 Å². The average Bonchev–Trinajstić information content (AvgIpc) is 0.762. The summed E-state index contributed by atoms with van der Waals surface area (Å²) < 4.78 is 139. The van der Waals surface area contributed by atoms with E-state index in [0.717, 1.165) is 48.0 Å². The van der Waals surface area contributed by atoms with Gasteiger partial charge in [-0.15, -0.1) is 11.8 Å². The number of fused-ring (bicyclic) bond motifs is 6. The van der Waals surface area contributed by atoms with Crippen LogP contribution in [0.4, 0.5) is 40.7 Å². The zero-order valence-electron chi connectivity index (χ0n) is 86.6. The minimum absolute atomic E-state index is 0.00971. The molecule has 0 bridgehead atoms. The van der Waals surface area contributed by atoms with Crippen LogP contribution in [0.3, 0.4) is 0 Å². The van der Waals surface area contributed by atoms with Crippen LogP contribution in [0.2, 0.25) is 0 Å². The number of rotatable bonds is 15. The van der Waals surface area contributed by atoms with E-state index >= 15 is 0 Å². The first kappa shape index (κ1) is 116. The summed E-state index contributed by atoms with van der Waals surface area (Å²) in [6.45, 7) is 27.3. The fourth-order valence-corrected chi connectivity index (χ4v) is 27.5. The second-order valence-corrected chi connectivity index (χ2v) is 48.1. The van der Waals surface area contributed by atoms with Crippen molar-refractivity contribution in [2.24, 2.45) is 76.9 Å². The van der Waals surface area contributed by atoms with Gasteiger partial charge in [0.25, 0.3) is 0 Å². The van der Waals surface area contributed by atoms with Crippen molar-refractivity contribution in [3.8, 4) is 0 Å². The molecule has 7 aromatic rings. The smallest absolute Gasteiger partial charge is 0.413 e. The fraction of sp³-hybridized carbons (Fsp3) is 0.532. The summed E-state index contributed by atoms with van der Waals surface area (Å²) in [5.74, 6) is 3.20. The summed E-state index contributed by atoms with van der Waals surface area (Å²) in [6.07, 6.45) is 4.77. The molecule has 9 N–H and O–H groups in total. The molecule has 26 nitrogen and oxygen atoms in total. The number of benzene rings is 7. The zero-order valence-corrected chi connectivity index (χ0v) is 91.5. The molecule has 0 unspecified atom stereocenters. The topological polar surface area (TPSA) is 354 Å². The molecule has 3 amide bonds. The number of nitrogens with one attached hydrogen (secondary N) is 3. The molecule has 0 spiro atoms. The number of hydrogen-bond donors (Lipinski definition) is 7. The maximum atomic E-state index is 14.8. The second kappa shape index (κ2) is 50.9. The predicted octanol–water partition coefficient (Wildman–Crippen LogP) is 21.6. The van der Waals surface area contributed by atoms with E-state index in [-0.39, 0.29) is 126 Å². The number of aliphatic hydroxyl groups excluding tert-OH is 2. The van der Waals surface area contributed by atoms with Crippen LogP contribution in [0.1, 0.15) is 204 Å². The van der Waals surface area contributed by atoms with Crippen molar-refractivity contribution in [2.45, 2.75) is 247 Å². The highest BCUT2D eigenvalue weighted by atomic mass is 32.2. The van der Waals surface area contributed by atoms with E-state index in [0.29, 0.717) is 160 Å². The van der Waals surface area contributed by atoms with Crippen molar-refractivity contribution in [1.82, 2.24) is 16.0 Å². The lowest BCUT2D eigenvalue weighted by Crippen LogP contribution is -2.51. The minimum Gasteiger partial charge on any atom is -0.444 e. The molecule has 149 heavy (non-hydrogen) atoms. The van der Waals surface area contributed by atoms with Crippen molar-refractivity contribution in [2.75, 3.05) is 87.4 Å². The number of nitrogens with zero attached hydrogens (tertiary/aromatic N) is 6. The molecule has 18 atom stereocenters. The molecule has 12 aliphatic heterocycles. The van der Waals surface area contributed by atoms with Crippen molar-refractivity contribution in [3.05, 3.63) is 250 Å². The SMILES string of the molecule is CC(C)(C)OC(=O)NC1=N[C@@]2(c3ccccc3F)C[C@H](CO)OC[C@H]2CS1.CC[C@H]1C[C@]2(c3ccccc3F)N=C(CC(=O)c3ccccc3)SC[C@@H]2CO1.CC[C@H]1C[C@]2(c3ccccc3F)N=C(N)SC[C@@H]2CO1.CC[C@H]1C[C@]2(c3ccccc3F)N=C(NC(=O)OC(C)(C)C)SC[C@@H]2CO1.CC[C@H]1C[C@]2(c3ccccc3F)N=C(NC(=O)OC(C)(C)C)SC[C@@H]2CO1.NC1=N[C@@]2(c3ccccc3F)C[C@H](CO)OC[C@H]2CS1. The minimum atomic E-state index is -0.896. The quantitative estimate of drug-likeness (QED) is 0.0285. The summed E-state index contributed by atoms with van der Waals surface area (Å²) in [4.78, 5) is 78.1. The number of alkyl carbamates (subject to hydrolysis) is 3. The first-order valence-electron chi connectivity index (χ1n) is 51.0. The van der Waals surface area contributed by atoms with Crippen LogP contribution >= 0.6 is 70.6 Å². The number of halogens is 6. The number of amidine groups is 5. The Kier molecular flexibility index (Phi) is 39.5. The van der Waals surface area contributed by atoms with Gasteiger partial charge in [-0.05, 0) is 124 Å². The lowest BCUT2D eigenvalue weighted by Gasteiger charge is -2.47. The van der Waals surface area contributed by atoms with Gasteiger partial charge in [0, 0.05) is 147 Å². The largest absolute Gasteiger partial charge is 0.444 e. The van der Waals surface area contributed by atoms with Crippen LogP contribution in [-0.2, 0) is 75.9 Å². The summed E-state index contributed by atoms with van der Waals surface area (Å²) in [7, 11) is 0. The Balaban J connectivity index is 0.000000142. The van der Waals surface area contributed by atoms with Crippen LogP contribution in [0.5, 0.6) is 0 Å². The predicted molar refractivity (Wildman–Crippen MR) is 582 cm³/mol. The molecule has 0 radical (unpaired) electrons. The molecule has 12 heterocycles. The van der Waals surface area contributed by atoms with E-state index in [2.05, 4.69) is 48.6 Å². The summed E-state index contributed by atoms with van der Waals surface area (Å²) >= 11 is 8.90. The van der Waals surface area contributed by atoms with Gasteiger partial charge in [-0.3, -0.25) is 50.7 Å². The number of nitrogens with two attached hydrogens (primary N) is 2. The first-order chi connectivity index (χ1) is 71.1. The Morgan fingerprint density at radius 3 is 0.799 bits per heavy atom. The monoisotopic (exact) mass is 2170 g/mol. The summed E-state index contributed by atoms with van der Waals surface area (Å²) in [5, 5.41) is 30.3. The third kappa shape index (κ3) is 28.2. The van der Waals surface area contributed by atoms with Gasteiger partial charge in [-0.1, -0.05) is 226 Å². The van der Waals surface area contributed by atoms with Gasteiger partial charge in [0.2, 0.25) is 0 Å². The summed E-state index contributed by atoms with van der Waals surface area (Å²) in [5.41, 5.74) is 9.86. The van der Waals surface area contributed by atoms with E-state index in [1.54, 1.807) is 105 Å². The van der Waals surface area contributed by atoms with Crippen molar-refractivity contribution < 1.29 is 98.4 Å². The highest BCUT2D eigenvalue weighted by molar-refractivity contribution is 8.15. The van der Waals surface area contributed by atoms with Crippen LogP contribution in [0.15, 0.2) is 206 Å². The van der Waals surface area contributed by atoms with E-state index in [1.807, 2.05) is 108 Å². The van der Waals surface area contributed by atoms with Crippen molar-refractivity contribution in [3.63, 3.8) is 0 Å². The number of Topliss-reactive ketones (excluding diaryl/α,β-unsaturated/α-hetero) is 1.